The molecule has 160 valence electrons. The Balaban J connectivity index is 2.13. The summed E-state index contributed by atoms with van der Waals surface area (Å²) >= 11 is 25.2. The smallest absolute Gasteiger partial charge is 0.243 e. The lowest BCUT2D eigenvalue weighted by molar-refractivity contribution is -0.124. The molecule has 1 atom stereocenters. The lowest BCUT2D eigenvalue weighted by Crippen LogP contribution is -2.35. The van der Waals surface area contributed by atoms with Gasteiger partial charge in [0, 0.05) is 30.1 Å². The third kappa shape index (κ3) is 4.87. The minimum absolute atomic E-state index is 0.133. The minimum atomic E-state index is -0.500. The van der Waals surface area contributed by atoms with Crippen LogP contribution in [0.25, 0.3) is 11.0 Å². The molecular weight excluding hydrogens is 468 g/mol. The first-order valence-electron chi connectivity index (χ1n) is 9.42. The number of ether oxygens (including phenoxy) is 1. The second kappa shape index (κ2) is 10.2. The Kier molecular flexibility index (Phi) is 7.88. The molecular formula is C21H21Cl4N3O2. The fraction of sp³-hybridized carbons (Fsp3) is 0.333. The fourth-order valence-electron chi connectivity index (χ4n) is 3.35. The van der Waals surface area contributed by atoms with Gasteiger partial charge in [-0.3, -0.25) is 4.79 Å². The summed E-state index contributed by atoms with van der Waals surface area (Å²) in [5.74, 6) is 0.513. The van der Waals surface area contributed by atoms with Gasteiger partial charge < -0.3 is 14.6 Å². The Morgan fingerprint density at radius 2 is 1.80 bits per heavy atom. The van der Waals surface area contributed by atoms with E-state index in [0.29, 0.717) is 57.4 Å². The van der Waals surface area contributed by atoms with Gasteiger partial charge in [-0.2, -0.15) is 0 Å². The van der Waals surface area contributed by atoms with E-state index >= 15 is 0 Å². The maximum Gasteiger partial charge on any atom is 0.243 e. The Bertz CT molecular complexity index is 1050. The first kappa shape index (κ1) is 23.2. The number of benzene rings is 2. The van der Waals surface area contributed by atoms with Crippen molar-refractivity contribution in [3.63, 3.8) is 0 Å². The van der Waals surface area contributed by atoms with E-state index in [1.807, 2.05) is 11.5 Å². The Morgan fingerprint density at radius 3 is 2.43 bits per heavy atom. The second-order valence-corrected chi connectivity index (χ2v) is 8.37. The van der Waals surface area contributed by atoms with E-state index in [0.717, 1.165) is 11.1 Å². The van der Waals surface area contributed by atoms with Crippen molar-refractivity contribution in [2.75, 3.05) is 20.3 Å². The number of aromatic nitrogens is 2. The van der Waals surface area contributed by atoms with Crippen molar-refractivity contribution in [2.45, 2.75) is 25.8 Å². The lowest BCUT2D eigenvalue weighted by Gasteiger charge is -2.20. The molecule has 1 N–H and O–H groups in total. The Hall–Kier alpha value is -1.50. The van der Waals surface area contributed by atoms with Crippen LogP contribution in [0.5, 0.6) is 0 Å². The quantitative estimate of drug-likeness (QED) is 0.398. The highest BCUT2D eigenvalue weighted by Crippen LogP contribution is 2.33. The molecule has 5 nitrogen and oxygen atoms in total. The molecule has 1 aromatic heterocycles. The summed E-state index contributed by atoms with van der Waals surface area (Å²) in [7, 11) is 1.59. The molecule has 9 heteroatoms. The monoisotopic (exact) mass is 487 g/mol. The van der Waals surface area contributed by atoms with Crippen LogP contribution in [0.2, 0.25) is 20.1 Å². The van der Waals surface area contributed by atoms with Crippen molar-refractivity contribution >= 4 is 63.3 Å². The van der Waals surface area contributed by atoms with Gasteiger partial charge in [-0.15, -0.1) is 0 Å². The van der Waals surface area contributed by atoms with Crippen molar-refractivity contribution in [1.82, 2.24) is 14.9 Å². The topological polar surface area (TPSA) is 56.1 Å². The van der Waals surface area contributed by atoms with Crippen molar-refractivity contribution in [1.29, 1.82) is 0 Å². The number of carbonyl (C=O) groups is 1. The van der Waals surface area contributed by atoms with E-state index in [1.54, 1.807) is 37.4 Å². The maximum absolute atomic E-state index is 13.0. The number of imidazole rings is 1. The number of nitrogens with one attached hydrogen (secondary N) is 1. The van der Waals surface area contributed by atoms with Crippen molar-refractivity contribution < 1.29 is 9.53 Å². The molecule has 0 aliphatic heterocycles. The molecule has 0 aliphatic carbocycles. The maximum atomic E-state index is 13.0. The molecule has 0 aliphatic rings. The van der Waals surface area contributed by atoms with Gasteiger partial charge in [0.15, 0.2) is 0 Å². The standard InChI is InChI=1S/C21H21Cl4N3O2/c1-3-18(21(29)26-7-8-30-2)28-19-11-16(25)15(24)10-17(19)27-20(28)9-12-13(22)5-4-6-14(12)23/h4-6,10-11,18H,3,7-9H2,1-2H3,(H,26,29). The summed E-state index contributed by atoms with van der Waals surface area (Å²) in [6.45, 7) is 2.78. The van der Waals surface area contributed by atoms with E-state index in [1.165, 1.54) is 0 Å². The molecule has 2 aromatic carbocycles. The zero-order chi connectivity index (χ0) is 21.8. The molecule has 1 unspecified atom stereocenters. The van der Waals surface area contributed by atoms with Crippen molar-refractivity contribution in [3.8, 4) is 0 Å². The summed E-state index contributed by atoms with van der Waals surface area (Å²) in [5, 5.41) is 4.77. The third-order valence-corrected chi connectivity index (χ3v) is 6.24. The van der Waals surface area contributed by atoms with Crippen LogP contribution < -0.4 is 5.32 Å². The summed E-state index contributed by atoms with van der Waals surface area (Å²) in [6.07, 6.45) is 0.901. The predicted molar refractivity (Wildman–Crippen MR) is 123 cm³/mol. The molecule has 0 fully saturated rings. The van der Waals surface area contributed by atoms with Crippen LogP contribution in [0.4, 0.5) is 0 Å². The number of fused-ring (bicyclic) bond motifs is 1. The van der Waals surface area contributed by atoms with Gasteiger partial charge in [0.2, 0.25) is 5.91 Å². The zero-order valence-corrected chi connectivity index (χ0v) is 19.5. The number of halogens is 4. The summed E-state index contributed by atoms with van der Waals surface area (Å²) in [5.41, 5.74) is 2.10. The minimum Gasteiger partial charge on any atom is -0.383 e. The van der Waals surface area contributed by atoms with Gasteiger partial charge in [-0.1, -0.05) is 59.4 Å². The molecule has 3 aromatic rings. The summed E-state index contributed by atoms with van der Waals surface area (Å²) in [4.78, 5) is 17.7. The van der Waals surface area contributed by atoms with Gasteiger partial charge in [0.05, 0.1) is 27.7 Å². The largest absolute Gasteiger partial charge is 0.383 e. The molecule has 0 radical (unpaired) electrons. The van der Waals surface area contributed by atoms with Crippen LogP contribution in [-0.4, -0.2) is 35.7 Å². The normalized spacial score (nSPS) is 12.3. The van der Waals surface area contributed by atoms with Gasteiger partial charge in [-0.25, -0.2) is 4.98 Å². The first-order chi connectivity index (χ1) is 14.4. The van der Waals surface area contributed by atoms with E-state index in [-0.39, 0.29) is 5.91 Å². The predicted octanol–water partition coefficient (Wildman–Crippen LogP) is 5.95. The van der Waals surface area contributed by atoms with E-state index in [9.17, 15) is 4.79 Å². The fourth-order valence-corrected chi connectivity index (χ4v) is 4.20. The lowest BCUT2D eigenvalue weighted by atomic mass is 10.1. The van der Waals surface area contributed by atoms with Crippen LogP contribution in [0.1, 0.15) is 30.8 Å². The summed E-state index contributed by atoms with van der Waals surface area (Å²) < 4.78 is 6.92. The third-order valence-electron chi connectivity index (χ3n) is 4.81. The number of rotatable bonds is 8. The van der Waals surface area contributed by atoms with Crippen LogP contribution in [0.3, 0.4) is 0 Å². The number of carbonyl (C=O) groups excluding carboxylic acids is 1. The molecule has 3 rings (SSSR count). The van der Waals surface area contributed by atoms with Crippen LogP contribution in [0.15, 0.2) is 30.3 Å². The highest BCUT2D eigenvalue weighted by Gasteiger charge is 2.25. The average molecular weight is 489 g/mol. The van der Waals surface area contributed by atoms with Gasteiger partial charge in [0.1, 0.15) is 11.9 Å². The number of amides is 1. The average Bonchev–Trinajstić information content (AvgIpc) is 3.03. The van der Waals surface area contributed by atoms with Gasteiger partial charge in [-0.05, 0) is 36.2 Å². The van der Waals surface area contributed by atoms with Crippen LogP contribution in [-0.2, 0) is 16.0 Å². The zero-order valence-electron chi connectivity index (χ0n) is 16.5. The molecule has 0 spiro atoms. The molecule has 0 bridgehead atoms. The molecule has 0 saturated carbocycles. The molecule has 1 amide bonds. The Morgan fingerprint density at radius 1 is 1.13 bits per heavy atom. The Labute approximate surface area is 195 Å². The number of nitrogens with zero attached hydrogens (tertiary/aromatic N) is 2. The van der Waals surface area contributed by atoms with E-state index in [2.05, 4.69) is 5.32 Å². The SMILES string of the molecule is CCC(C(=O)NCCOC)n1c(Cc2c(Cl)cccc2Cl)nc2cc(Cl)c(Cl)cc21. The molecule has 30 heavy (non-hydrogen) atoms. The molecule has 0 saturated heterocycles. The van der Waals surface area contributed by atoms with Gasteiger partial charge in [0.25, 0.3) is 0 Å². The summed E-state index contributed by atoms with van der Waals surface area (Å²) in [6, 6.07) is 8.27. The van der Waals surface area contributed by atoms with Crippen LogP contribution in [0, 0.1) is 0 Å². The van der Waals surface area contributed by atoms with Gasteiger partial charge >= 0.3 is 0 Å². The highest BCUT2D eigenvalue weighted by atomic mass is 35.5. The number of hydrogen-bond donors (Lipinski definition) is 1. The van der Waals surface area contributed by atoms with E-state index < -0.39 is 6.04 Å². The van der Waals surface area contributed by atoms with Crippen molar-refractivity contribution in [3.05, 3.63) is 61.8 Å². The highest BCUT2D eigenvalue weighted by molar-refractivity contribution is 6.42. The molecule has 1 heterocycles. The van der Waals surface area contributed by atoms with Crippen molar-refractivity contribution in [2.24, 2.45) is 0 Å². The number of methoxy groups -OCH3 is 1. The number of hydrogen-bond acceptors (Lipinski definition) is 3. The first-order valence-corrected chi connectivity index (χ1v) is 10.9. The van der Waals surface area contributed by atoms with E-state index in [4.69, 9.17) is 56.1 Å². The van der Waals surface area contributed by atoms with Crippen LogP contribution >= 0.6 is 46.4 Å². The second-order valence-electron chi connectivity index (χ2n) is 6.74.